The summed E-state index contributed by atoms with van der Waals surface area (Å²) in [6.45, 7) is 0. The quantitative estimate of drug-likeness (QED) is 0.738. The molecule has 0 unspecified atom stereocenters. The molecule has 128 valence electrons. The van der Waals surface area contributed by atoms with E-state index >= 15 is 0 Å². The molecule has 0 aliphatic carbocycles. The molecular weight excluding hydrogens is 336 g/mol. The predicted molar refractivity (Wildman–Crippen MR) is 97.2 cm³/mol. The maximum absolute atomic E-state index is 12.6. The highest BCUT2D eigenvalue weighted by atomic mass is 32.1. The highest BCUT2D eigenvalue weighted by Gasteiger charge is 2.24. The zero-order valence-electron chi connectivity index (χ0n) is 13.9. The first kappa shape index (κ1) is 16.9. The summed E-state index contributed by atoms with van der Waals surface area (Å²) in [5.41, 5.74) is 1.84. The third-order valence-corrected chi connectivity index (χ3v) is 4.70. The highest BCUT2D eigenvalue weighted by Crippen LogP contribution is 2.25. The number of benzene rings is 1. The van der Waals surface area contributed by atoms with Crippen LogP contribution in [0, 0.1) is 0 Å². The van der Waals surface area contributed by atoms with Crippen molar-refractivity contribution in [1.82, 2.24) is 20.4 Å². The van der Waals surface area contributed by atoms with Gasteiger partial charge in [0.15, 0.2) is 5.69 Å². The van der Waals surface area contributed by atoms with Crippen LogP contribution in [0.3, 0.4) is 0 Å². The number of carbonyl (C=O) groups is 2. The van der Waals surface area contributed by atoms with Gasteiger partial charge in [-0.2, -0.15) is 5.10 Å². The number of nitrogens with one attached hydrogen (secondary N) is 2. The summed E-state index contributed by atoms with van der Waals surface area (Å²) in [7, 11) is 3.33. The number of aryl methyl sites for hydroxylation is 1. The Bertz CT molecular complexity index is 872. The molecule has 2 N–H and O–H groups in total. The molecule has 25 heavy (non-hydrogen) atoms. The second kappa shape index (κ2) is 7.31. The van der Waals surface area contributed by atoms with E-state index in [4.69, 9.17) is 0 Å². The molecule has 0 fully saturated rings. The number of thiophene rings is 1. The van der Waals surface area contributed by atoms with Crippen molar-refractivity contribution in [2.24, 2.45) is 7.05 Å². The fourth-order valence-electron chi connectivity index (χ4n) is 2.53. The lowest BCUT2D eigenvalue weighted by atomic mass is 10.1. The lowest BCUT2D eigenvalue weighted by Crippen LogP contribution is -2.39. The van der Waals surface area contributed by atoms with Crippen LogP contribution in [0.1, 0.15) is 22.1 Å². The van der Waals surface area contributed by atoms with Gasteiger partial charge in [0.1, 0.15) is 6.04 Å². The van der Waals surface area contributed by atoms with Crippen molar-refractivity contribution >= 4 is 23.2 Å². The Balaban J connectivity index is 1.85. The molecule has 6 nitrogen and oxygen atoms in total. The van der Waals surface area contributed by atoms with Crippen molar-refractivity contribution in [3.05, 3.63) is 65.2 Å². The van der Waals surface area contributed by atoms with Crippen LogP contribution >= 0.6 is 11.3 Å². The van der Waals surface area contributed by atoms with E-state index in [1.165, 1.54) is 0 Å². The van der Waals surface area contributed by atoms with Crippen LogP contribution < -0.4 is 10.6 Å². The Kier molecular flexibility index (Phi) is 4.95. The summed E-state index contributed by atoms with van der Waals surface area (Å²) in [5.74, 6) is -0.676. The molecule has 3 rings (SSSR count). The van der Waals surface area contributed by atoms with Gasteiger partial charge in [0.2, 0.25) is 5.91 Å². The van der Waals surface area contributed by atoms with Crippen molar-refractivity contribution in [3.63, 3.8) is 0 Å². The maximum atomic E-state index is 12.6. The number of hydrogen-bond donors (Lipinski definition) is 2. The number of rotatable bonds is 5. The van der Waals surface area contributed by atoms with Gasteiger partial charge in [-0.3, -0.25) is 14.3 Å². The first-order chi connectivity index (χ1) is 12.1. The topological polar surface area (TPSA) is 76.0 Å². The molecule has 0 radical (unpaired) electrons. The Morgan fingerprint density at radius 2 is 1.92 bits per heavy atom. The standard InChI is InChI=1S/C18H18N4O2S/c1-19-18(24)16(12-7-4-3-5-8-12)20-17(23)13-11-14(22(2)21-13)15-9-6-10-25-15/h3-11,16H,1-2H3,(H,19,24)(H,20,23)/t16-/m0/s1. The van der Waals surface area contributed by atoms with Crippen molar-refractivity contribution in [2.75, 3.05) is 7.05 Å². The van der Waals surface area contributed by atoms with Crippen molar-refractivity contribution in [1.29, 1.82) is 0 Å². The minimum Gasteiger partial charge on any atom is -0.357 e. The van der Waals surface area contributed by atoms with Crippen LogP contribution in [0.15, 0.2) is 53.9 Å². The van der Waals surface area contributed by atoms with Crippen LogP contribution in [0.4, 0.5) is 0 Å². The van der Waals surface area contributed by atoms with Crippen LogP contribution in [-0.4, -0.2) is 28.6 Å². The minimum absolute atomic E-state index is 0.274. The van der Waals surface area contributed by atoms with Crippen molar-refractivity contribution < 1.29 is 9.59 Å². The van der Waals surface area contributed by atoms with Crippen LogP contribution in [-0.2, 0) is 11.8 Å². The summed E-state index contributed by atoms with van der Waals surface area (Å²) < 4.78 is 1.66. The molecule has 0 aliphatic rings. The molecule has 2 aromatic heterocycles. The first-order valence-electron chi connectivity index (χ1n) is 7.75. The lowest BCUT2D eigenvalue weighted by molar-refractivity contribution is -0.122. The third kappa shape index (κ3) is 3.61. The zero-order chi connectivity index (χ0) is 17.8. The van der Waals surface area contributed by atoms with E-state index in [1.54, 1.807) is 48.3 Å². The average Bonchev–Trinajstić information content (AvgIpc) is 3.29. The minimum atomic E-state index is -0.772. The van der Waals surface area contributed by atoms with E-state index in [9.17, 15) is 9.59 Å². The van der Waals surface area contributed by atoms with Crippen molar-refractivity contribution in [2.45, 2.75) is 6.04 Å². The van der Waals surface area contributed by atoms with Gasteiger partial charge in [-0.15, -0.1) is 11.3 Å². The van der Waals surface area contributed by atoms with E-state index in [0.29, 0.717) is 5.56 Å². The number of carbonyl (C=O) groups excluding carboxylic acids is 2. The second-order valence-electron chi connectivity index (χ2n) is 5.45. The van der Waals surface area contributed by atoms with E-state index in [1.807, 2.05) is 35.7 Å². The lowest BCUT2D eigenvalue weighted by Gasteiger charge is -2.17. The van der Waals surface area contributed by atoms with Crippen LogP contribution in [0.25, 0.3) is 10.6 Å². The molecule has 0 saturated heterocycles. The Morgan fingerprint density at radius 1 is 1.16 bits per heavy atom. The van der Waals surface area contributed by atoms with Gasteiger partial charge in [-0.05, 0) is 23.1 Å². The average molecular weight is 354 g/mol. The Hall–Kier alpha value is -2.93. The number of likely N-dealkylation sites (N-methyl/N-ethyl adjacent to an activating group) is 1. The van der Waals surface area contributed by atoms with Crippen LogP contribution in [0.5, 0.6) is 0 Å². The fraction of sp³-hybridized carbons (Fsp3) is 0.167. The predicted octanol–water partition coefficient (Wildman–Crippen LogP) is 2.37. The summed E-state index contributed by atoms with van der Waals surface area (Å²) in [4.78, 5) is 25.8. The molecule has 0 spiro atoms. The Morgan fingerprint density at radius 3 is 2.56 bits per heavy atom. The molecule has 2 amide bonds. The molecule has 0 saturated carbocycles. The molecule has 0 aliphatic heterocycles. The number of aromatic nitrogens is 2. The SMILES string of the molecule is CNC(=O)[C@@H](NC(=O)c1cc(-c2cccs2)n(C)n1)c1ccccc1. The molecule has 3 aromatic rings. The third-order valence-electron chi connectivity index (χ3n) is 3.80. The summed E-state index contributed by atoms with van der Waals surface area (Å²) in [6.07, 6.45) is 0. The van der Waals surface area contributed by atoms with E-state index in [0.717, 1.165) is 10.6 Å². The van der Waals surface area contributed by atoms with Gasteiger partial charge in [0, 0.05) is 14.1 Å². The van der Waals surface area contributed by atoms with E-state index in [2.05, 4.69) is 15.7 Å². The van der Waals surface area contributed by atoms with Crippen LogP contribution in [0.2, 0.25) is 0 Å². The van der Waals surface area contributed by atoms with Gasteiger partial charge in [-0.25, -0.2) is 0 Å². The van der Waals surface area contributed by atoms with Gasteiger partial charge in [0.05, 0.1) is 10.6 Å². The largest absolute Gasteiger partial charge is 0.357 e. The van der Waals surface area contributed by atoms with Gasteiger partial charge >= 0.3 is 0 Å². The fourth-order valence-corrected chi connectivity index (χ4v) is 3.30. The Labute approximate surface area is 149 Å². The molecule has 7 heteroatoms. The number of amides is 2. The monoisotopic (exact) mass is 354 g/mol. The van der Waals surface area contributed by atoms with Gasteiger partial charge < -0.3 is 10.6 Å². The smallest absolute Gasteiger partial charge is 0.272 e. The molecule has 1 aromatic carbocycles. The van der Waals surface area contributed by atoms with Crippen molar-refractivity contribution in [3.8, 4) is 10.6 Å². The summed E-state index contributed by atoms with van der Waals surface area (Å²) in [5, 5.41) is 11.6. The summed E-state index contributed by atoms with van der Waals surface area (Å²) >= 11 is 1.58. The summed E-state index contributed by atoms with van der Waals surface area (Å²) in [6, 6.07) is 14.0. The van der Waals surface area contributed by atoms with Gasteiger partial charge in [0.25, 0.3) is 5.91 Å². The molecule has 1 atom stereocenters. The van der Waals surface area contributed by atoms with Gasteiger partial charge in [-0.1, -0.05) is 36.4 Å². The highest BCUT2D eigenvalue weighted by molar-refractivity contribution is 7.13. The van der Waals surface area contributed by atoms with E-state index < -0.39 is 11.9 Å². The molecule has 0 bridgehead atoms. The molecule has 2 heterocycles. The molecular formula is C18H18N4O2S. The van der Waals surface area contributed by atoms with E-state index in [-0.39, 0.29) is 11.6 Å². The second-order valence-corrected chi connectivity index (χ2v) is 6.39. The normalized spacial score (nSPS) is 11.8. The first-order valence-corrected chi connectivity index (χ1v) is 8.63. The maximum Gasteiger partial charge on any atom is 0.272 e. The number of hydrogen-bond acceptors (Lipinski definition) is 4. The number of nitrogens with zero attached hydrogens (tertiary/aromatic N) is 2. The zero-order valence-corrected chi connectivity index (χ0v) is 14.7.